The van der Waals surface area contributed by atoms with Crippen molar-refractivity contribution in [1.82, 2.24) is 15.3 Å². The molecule has 1 amide bonds. The normalized spacial score (nSPS) is 14.8. The van der Waals surface area contributed by atoms with E-state index >= 15 is 0 Å². The van der Waals surface area contributed by atoms with Crippen LogP contribution < -0.4 is 10.2 Å². The van der Waals surface area contributed by atoms with Crippen LogP contribution in [0.3, 0.4) is 0 Å². The molecule has 1 aliphatic heterocycles. The molecular weight excluding hydrogens is 384 g/mol. The van der Waals surface area contributed by atoms with Crippen LogP contribution in [0.25, 0.3) is 22.2 Å². The molecule has 3 aromatic rings. The van der Waals surface area contributed by atoms with Crippen LogP contribution in [0.4, 0.5) is 5.69 Å². The van der Waals surface area contributed by atoms with Gasteiger partial charge in [-0.3, -0.25) is 4.79 Å². The number of halogens is 1. The van der Waals surface area contributed by atoms with Crippen molar-refractivity contribution >= 4 is 34.2 Å². The monoisotopic (exact) mass is 406 g/mol. The van der Waals surface area contributed by atoms with Crippen LogP contribution in [0.1, 0.15) is 26.3 Å². The Kier molecular flexibility index (Phi) is 5.08. The summed E-state index contributed by atoms with van der Waals surface area (Å²) < 4.78 is 0. The Morgan fingerprint density at radius 2 is 2.10 bits per heavy atom. The summed E-state index contributed by atoms with van der Waals surface area (Å²) in [6, 6.07) is 7.87. The smallest absolute Gasteiger partial charge is 0.240 e. The van der Waals surface area contributed by atoms with Gasteiger partial charge in [0.05, 0.1) is 22.5 Å². The lowest BCUT2D eigenvalue weighted by Crippen LogP contribution is -2.48. The molecule has 1 aromatic carbocycles. The van der Waals surface area contributed by atoms with Crippen molar-refractivity contribution in [2.45, 2.75) is 20.8 Å². The summed E-state index contributed by atoms with van der Waals surface area (Å²) >= 11 is 6.82. The van der Waals surface area contributed by atoms with Crippen molar-refractivity contribution in [3.8, 4) is 23.0 Å². The second kappa shape index (κ2) is 7.55. The first kappa shape index (κ1) is 19.5. The first-order valence-corrected chi connectivity index (χ1v) is 10.0. The summed E-state index contributed by atoms with van der Waals surface area (Å²) in [7, 11) is 0. The van der Waals surface area contributed by atoms with Crippen molar-refractivity contribution in [2.24, 2.45) is 5.41 Å². The van der Waals surface area contributed by atoms with E-state index in [2.05, 4.69) is 47.9 Å². The number of H-pyrrole nitrogens is 1. The lowest BCUT2D eigenvalue weighted by atomic mass is 9.97. The third-order valence-electron chi connectivity index (χ3n) is 4.77. The van der Waals surface area contributed by atoms with Gasteiger partial charge in [-0.2, -0.15) is 0 Å². The van der Waals surface area contributed by atoms with E-state index in [1.165, 1.54) is 0 Å². The number of pyridine rings is 1. The summed E-state index contributed by atoms with van der Waals surface area (Å²) in [5.41, 5.74) is 4.05. The number of carbonyl (C=O) groups excluding carboxylic acids is 1. The lowest BCUT2D eigenvalue weighted by molar-refractivity contribution is -0.118. The van der Waals surface area contributed by atoms with Gasteiger partial charge in [0.15, 0.2) is 0 Å². The molecular formula is C23H23ClN4O. The Morgan fingerprint density at radius 1 is 1.28 bits per heavy atom. The molecule has 2 N–H and O–H groups in total. The van der Waals surface area contributed by atoms with E-state index in [9.17, 15) is 4.79 Å². The van der Waals surface area contributed by atoms with Crippen molar-refractivity contribution in [2.75, 3.05) is 24.5 Å². The van der Waals surface area contributed by atoms with Gasteiger partial charge in [0.25, 0.3) is 0 Å². The molecule has 0 aliphatic carbocycles. The van der Waals surface area contributed by atoms with Crippen LogP contribution in [0.5, 0.6) is 0 Å². The molecule has 0 bridgehead atoms. The summed E-state index contributed by atoms with van der Waals surface area (Å²) in [5.74, 6) is 6.55. The van der Waals surface area contributed by atoms with Gasteiger partial charge in [0.2, 0.25) is 5.91 Å². The number of fused-ring (bicyclic) bond motifs is 1. The predicted octanol–water partition coefficient (Wildman–Crippen LogP) is 4.22. The molecule has 5 nitrogen and oxygen atoms in total. The van der Waals surface area contributed by atoms with Crippen LogP contribution in [0, 0.1) is 17.3 Å². The van der Waals surface area contributed by atoms with Gasteiger partial charge in [-0.25, -0.2) is 4.98 Å². The molecule has 1 saturated heterocycles. The highest BCUT2D eigenvalue weighted by molar-refractivity contribution is 6.38. The molecule has 0 saturated carbocycles. The topological polar surface area (TPSA) is 61.0 Å². The second-order valence-electron chi connectivity index (χ2n) is 8.18. The molecule has 4 rings (SSSR count). The molecule has 0 atom stereocenters. The predicted molar refractivity (Wildman–Crippen MR) is 118 cm³/mol. The zero-order valence-electron chi connectivity index (χ0n) is 16.8. The SMILES string of the molecule is CC(C)(C)C#Cc1c[nH]c2ncc(-c3cccc(N4CCNCC4=O)c3)c(Cl)c12. The van der Waals surface area contributed by atoms with E-state index in [0.29, 0.717) is 23.8 Å². The summed E-state index contributed by atoms with van der Waals surface area (Å²) in [6.45, 7) is 8.01. The zero-order chi connectivity index (χ0) is 20.6. The minimum atomic E-state index is -0.106. The Morgan fingerprint density at radius 3 is 2.86 bits per heavy atom. The third-order valence-corrected chi connectivity index (χ3v) is 5.16. The number of hydrogen-bond donors (Lipinski definition) is 2. The largest absolute Gasteiger partial charge is 0.345 e. The van der Waals surface area contributed by atoms with Crippen molar-refractivity contribution in [3.05, 3.63) is 47.2 Å². The van der Waals surface area contributed by atoms with Gasteiger partial charge < -0.3 is 15.2 Å². The number of piperazine rings is 1. The van der Waals surface area contributed by atoms with Crippen molar-refractivity contribution in [1.29, 1.82) is 0 Å². The van der Waals surface area contributed by atoms with Gasteiger partial charge in [-0.05, 0) is 38.5 Å². The number of aromatic amines is 1. The van der Waals surface area contributed by atoms with Gasteiger partial charge in [0, 0.05) is 42.1 Å². The fraction of sp³-hybridized carbons (Fsp3) is 0.304. The Bertz CT molecular complexity index is 1150. The molecule has 1 fully saturated rings. The number of nitrogens with zero attached hydrogens (tertiary/aromatic N) is 2. The van der Waals surface area contributed by atoms with E-state index in [-0.39, 0.29) is 11.3 Å². The quantitative estimate of drug-likeness (QED) is 0.626. The number of amides is 1. The van der Waals surface area contributed by atoms with Crippen LogP contribution >= 0.6 is 11.6 Å². The maximum atomic E-state index is 12.3. The molecule has 2 aromatic heterocycles. The zero-order valence-corrected chi connectivity index (χ0v) is 17.5. The highest BCUT2D eigenvalue weighted by Gasteiger charge is 2.20. The van der Waals surface area contributed by atoms with Gasteiger partial charge in [-0.15, -0.1) is 0 Å². The number of carbonyl (C=O) groups is 1. The first-order valence-electron chi connectivity index (χ1n) is 9.64. The maximum absolute atomic E-state index is 12.3. The maximum Gasteiger partial charge on any atom is 0.240 e. The Labute approximate surface area is 175 Å². The van der Waals surface area contributed by atoms with E-state index in [1.807, 2.05) is 30.5 Å². The molecule has 0 spiro atoms. The second-order valence-corrected chi connectivity index (χ2v) is 8.56. The average molecular weight is 407 g/mol. The Hall–Kier alpha value is -2.81. The summed E-state index contributed by atoms with van der Waals surface area (Å²) in [4.78, 5) is 21.8. The van der Waals surface area contributed by atoms with Crippen LogP contribution in [-0.4, -0.2) is 35.5 Å². The van der Waals surface area contributed by atoms with E-state index < -0.39 is 0 Å². The van der Waals surface area contributed by atoms with Crippen LogP contribution in [-0.2, 0) is 4.79 Å². The van der Waals surface area contributed by atoms with Gasteiger partial charge in [-0.1, -0.05) is 35.6 Å². The average Bonchev–Trinajstić information content (AvgIpc) is 3.11. The van der Waals surface area contributed by atoms with E-state index in [0.717, 1.165) is 34.3 Å². The number of benzene rings is 1. The third kappa shape index (κ3) is 4.00. The fourth-order valence-electron chi connectivity index (χ4n) is 3.33. The summed E-state index contributed by atoms with van der Waals surface area (Å²) in [6.07, 6.45) is 3.61. The number of hydrogen-bond acceptors (Lipinski definition) is 3. The van der Waals surface area contributed by atoms with Crippen LogP contribution in [0.2, 0.25) is 5.02 Å². The molecule has 6 heteroatoms. The number of aromatic nitrogens is 2. The standard InChI is InChI=1S/C23H23ClN4O/c1-23(2,3)8-7-16-12-26-22-20(16)21(24)18(13-27-22)15-5-4-6-17(11-15)28-10-9-25-14-19(28)29/h4-6,11-13,25H,9-10,14H2,1-3H3,(H,26,27). The van der Waals surface area contributed by atoms with E-state index in [1.54, 1.807) is 11.1 Å². The molecule has 1 aliphatic rings. The molecule has 0 radical (unpaired) electrons. The Balaban J connectivity index is 1.78. The highest BCUT2D eigenvalue weighted by Crippen LogP contribution is 2.36. The first-order chi connectivity index (χ1) is 13.8. The number of rotatable bonds is 2. The minimum Gasteiger partial charge on any atom is -0.345 e. The lowest BCUT2D eigenvalue weighted by Gasteiger charge is -2.27. The van der Waals surface area contributed by atoms with Gasteiger partial charge >= 0.3 is 0 Å². The molecule has 29 heavy (non-hydrogen) atoms. The van der Waals surface area contributed by atoms with Gasteiger partial charge in [0.1, 0.15) is 5.65 Å². The molecule has 0 unspecified atom stereocenters. The number of anilines is 1. The highest BCUT2D eigenvalue weighted by atomic mass is 35.5. The minimum absolute atomic E-state index is 0.0680. The van der Waals surface area contributed by atoms with Crippen LogP contribution in [0.15, 0.2) is 36.7 Å². The number of nitrogens with one attached hydrogen (secondary N) is 2. The summed E-state index contributed by atoms with van der Waals surface area (Å²) in [5, 5.41) is 4.53. The van der Waals surface area contributed by atoms with Crippen molar-refractivity contribution in [3.63, 3.8) is 0 Å². The van der Waals surface area contributed by atoms with E-state index in [4.69, 9.17) is 11.6 Å². The van der Waals surface area contributed by atoms with Crippen molar-refractivity contribution < 1.29 is 4.79 Å². The molecule has 3 heterocycles. The fourth-order valence-corrected chi connectivity index (χ4v) is 3.68. The molecule has 148 valence electrons.